The summed E-state index contributed by atoms with van der Waals surface area (Å²) in [5, 5.41) is 112. The number of aliphatic hydroxyl groups excluding tert-OH is 6. The van der Waals surface area contributed by atoms with Gasteiger partial charge in [-0.15, -0.1) is 0 Å². The molecular formula is C36H36O19. The van der Waals surface area contributed by atoms with E-state index in [0.29, 0.717) is 5.56 Å². The van der Waals surface area contributed by atoms with E-state index in [1.165, 1.54) is 42.5 Å². The van der Waals surface area contributed by atoms with Gasteiger partial charge >= 0.3 is 5.97 Å². The van der Waals surface area contributed by atoms with Crippen LogP contribution in [-0.4, -0.2) is 137 Å². The highest BCUT2D eigenvalue weighted by Gasteiger charge is 2.49. The molecule has 11 N–H and O–H groups in total. The van der Waals surface area contributed by atoms with E-state index in [9.17, 15) is 65.8 Å². The van der Waals surface area contributed by atoms with Gasteiger partial charge in [-0.2, -0.15) is 0 Å². The Labute approximate surface area is 308 Å². The summed E-state index contributed by atoms with van der Waals surface area (Å²) < 4.78 is 33.3. The summed E-state index contributed by atoms with van der Waals surface area (Å²) in [6, 6.07) is 10.6. The van der Waals surface area contributed by atoms with E-state index >= 15 is 0 Å². The van der Waals surface area contributed by atoms with Gasteiger partial charge in [-0.1, -0.05) is 6.07 Å². The zero-order valence-electron chi connectivity index (χ0n) is 28.2. The number of phenolic OH excluding ortho intramolecular Hbond substituents is 5. The number of aromatic hydroxyl groups is 5. The minimum Gasteiger partial charge on any atom is -0.507 e. The predicted octanol–water partition coefficient (Wildman–Crippen LogP) is -0.745. The summed E-state index contributed by atoms with van der Waals surface area (Å²) >= 11 is 0. The third-order valence-electron chi connectivity index (χ3n) is 8.87. The third-order valence-corrected chi connectivity index (χ3v) is 8.87. The lowest BCUT2D eigenvalue weighted by Gasteiger charge is -2.43. The number of ether oxygens (including phenoxy) is 5. The molecule has 1 aromatic heterocycles. The average molecular weight is 773 g/mol. The number of fused-ring (bicyclic) bond motifs is 1. The lowest BCUT2D eigenvalue weighted by Crippen LogP contribution is -2.62. The van der Waals surface area contributed by atoms with Crippen molar-refractivity contribution in [2.45, 2.75) is 61.4 Å². The van der Waals surface area contributed by atoms with Crippen molar-refractivity contribution < 1.29 is 89.1 Å². The van der Waals surface area contributed by atoms with Gasteiger partial charge in [0.05, 0.1) is 13.2 Å². The predicted molar refractivity (Wildman–Crippen MR) is 183 cm³/mol. The normalized spacial score (nSPS) is 28.3. The van der Waals surface area contributed by atoms with E-state index in [2.05, 4.69) is 0 Å². The molecule has 0 radical (unpaired) electrons. The molecule has 0 aliphatic carbocycles. The fraction of sp³-hybridized carbons (Fsp3) is 0.333. The van der Waals surface area contributed by atoms with Crippen LogP contribution in [0.15, 0.2) is 69.9 Å². The molecular weight excluding hydrogens is 736 g/mol. The van der Waals surface area contributed by atoms with Gasteiger partial charge in [-0.3, -0.25) is 4.79 Å². The van der Waals surface area contributed by atoms with Crippen LogP contribution in [0, 0.1) is 0 Å². The van der Waals surface area contributed by atoms with Crippen LogP contribution >= 0.6 is 0 Å². The molecule has 19 nitrogen and oxygen atoms in total. The lowest BCUT2D eigenvalue weighted by molar-refractivity contribution is -0.323. The molecule has 294 valence electrons. The van der Waals surface area contributed by atoms with E-state index in [1.807, 2.05) is 0 Å². The van der Waals surface area contributed by atoms with E-state index in [0.717, 1.165) is 24.3 Å². The lowest BCUT2D eigenvalue weighted by atomic mass is 9.98. The molecule has 0 bridgehead atoms. The molecule has 2 aliphatic heterocycles. The van der Waals surface area contributed by atoms with Crippen LogP contribution in [-0.2, 0) is 23.7 Å². The van der Waals surface area contributed by atoms with Crippen molar-refractivity contribution in [1.82, 2.24) is 0 Å². The van der Waals surface area contributed by atoms with Crippen molar-refractivity contribution in [2.75, 3.05) is 13.2 Å². The Morgan fingerprint density at radius 1 is 0.709 bits per heavy atom. The Morgan fingerprint density at radius 3 is 2.07 bits per heavy atom. The third kappa shape index (κ3) is 8.29. The maximum absolute atomic E-state index is 12.9. The molecule has 55 heavy (non-hydrogen) atoms. The minimum absolute atomic E-state index is 0.0523. The zero-order chi connectivity index (χ0) is 39.7. The average Bonchev–Trinajstić information content (AvgIpc) is 3.15. The second-order valence-electron chi connectivity index (χ2n) is 12.6. The maximum Gasteiger partial charge on any atom is 0.331 e. The second kappa shape index (κ2) is 16.1. The molecule has 19 heteroatoms. The standard InChI is InChI=1S/C36H36O19/c37-12-25-34(55-27(44)6-2-14-1-4-17(38)19(40)7-14)31(47)33(49)35(53-25)50-13-26-29(45)30(46)32(48)36(54-26)51-16-9-21(42)28-22(43)11-23(52-24(28)10-16)15-3-5-18(39)20(41)8-15/h1-11,25-26,29-42,45-49H,12-13H2/b6-2+/t25-,26-,29-,30+,31-,32-,33-,34-,35-,36-/m1/s1. The largest absolute Gasteiger partial charge is 0.507 e. The van der Waals surface area contributed by atoms with Gasteiger partial charge in [0, 0.05) is 29.8 Å². The topological polar surface area (TPSA) is 316 Å². The first-order valence-corrected chi connectivity index (χ1v) is 16.5. The first-order valence-electron chi connectivity index (χ1n) is 16.5. The van der Waals surface area contributed by atoms with Crippen LogP contribution in [0.25, 0.3) is 28.4 Å². The number of rotatable bonds is 10. The first-order chi connectivity index (χ1) is 26.1. The Balaban J connectivity index is 1.12. The van der Waals surface area contributed by atoms with Crippen molar-refractivity contribution >= 4 is 23.0 Å². The highest BCUT2D eigenvalue weighted by atomic mass is 16.7. The van der Waals surface area contributed by atoms with Gasteiger partial charge in [0.25, 0.3) is 0 Å². The number of phenols is 5. The van der Waals surface area contributed by atoms with E-state index in [1.54, 1.807) is 0 Å². The molecule has 0 saturated carbocycles. The van der Waals surface area contributed by atoms with Crippen LogP contribution in [0.4, 0.5) is 0 Å². The summed E-state index contributed by atoms with van der Waals surface area (Å²) in [6.45, 7) is -1.50. The number of aliphatic hydroxyl groups is 6. The summed E-state index contributed by atoms with van der Waals surface area (Å²) in [7, 11) is 0. The number of carbonyl (C=O) groups is 1. The van der Waals surface area contributed by atoms with Gasteiger partial charge in [0.1, 0.15) is 71.0 Å². The maximum atomic E-state index is 12.9. The molecule has 6 rings (SSSR count). The van der Waals surface area contributed by atoms with E-state index in [4.69, 9.17) is 28.1 Å². The van der Waals surface area contributed by atoms with Crippen LogP contribution in [0.2, 0.25) is 0 Å². The molecule has 0 unspecified atom stereocenters. The Morgan fingerprint density at radius 2 is 1.38 bits per heavy atom. The van der Waals surface area contributed by atoms with Gasteiger partial charge in [0.15, 0.2) is 40.8 Å². The molecule has 3 heterocycles. The second-order valence-corrected chi connectivity index (χ2v) is 12.6. The molecule has 3 aromatic carbocycles. The monoisotopic (exact) mass is 772 g/mol. The van der Waals surface area contributed by atoms with Crippen molar-refractivity contribution in [1.29, 1.82) is 0 Å². The molecule has 2 saturated heterocycles. The Kier molecular flexibility index (Phi) is 11.5. The minimum atomic E-state index is -1.90. The smallest absolute Gasteiger partial charge is 0.331 e. The van der Waals surface area contributed by atoms with E-state index < -0.39 is 109 Å². The van der Waals surface area contributed by atoms with E-state index in [-0.39, 0.29) is 33.8 Å². The van der Waals surface area contributed by atoms with Crippen molar-refractivity contribution in [3.63, 3.8) is 0 Å². The van der Waals surface area contributed by atoms with Crippen molar-refractivity contribution in [3.05, 3.63) is 76.5 Å². The number of benzene rings is 3. The molecule has 0 amide bonds. The summed E-state index contributed by atoms with van der Waals surface area (Å²) in [4.78, 5) is 25.3. The van der Waals surface area contributed by atoms with Gasteiger partial charge in [0.2, 0.25) is 6.29 Å². The molecule has 10 atom stereocenters. The number of esters is 1. The quantitative estimate of drug-likeness (QED) is 0.0537. The summed E-state index contributed by atoms with van der Waals surface area (Å²) in [5.74, 6) is -3.62. The van der Waals surface area contributed by atoms with Gasteiger partial charge in [-0.25, -0.2) is 4.79 Å². The van der Waals surface area contributed by atoms with Crippen LogP contribution < -0.4 is 10.2 Å². The molecule has 4 aromatic rings. The Bertz CT molecular complexity index is 2110. The van der Waals surface area contributed by atoms with Crippen LogP contribution in [0.5, 0.6) is 34.5 Å². The van der Waals surface area contributed by atoms with Crippen LogP contribution in [0.3, 0.4) is 0 Å². The summed E-state index contributed by atoms with van der Waals surface area (Å²) in [6.07, 6.45) is -15.2. The molecule has 2 aliphatic rings. The zero-order valence-corrected chi connectivity index (χ0v) is 28.2. The number of hydrogen-bond acceptors (Lipinski definition) is 19. The SMILES string of the molecule is O=C(/C=C/c1ccc(O)c(O)c1)O[C@H]1[C@H](O)[C@@H](O)[C@H](OC[C@H]2O[C@@H](Oc3cc(O)c4c(=O)cc(-c5ccc(O)c(O)c5)oc4c3)[C@H](O)[C@@H](O)[C@@H]2O)O[C@@H]1CO. The summed E-state index contributed by atoms with van der Waals surface area (Å²) in [5.41, 5.74) is -0.362. The fourth-order valence-corrected chi connectivity index (χ4v) is 5.92. The van der Waals surface area contributed by atoms with Gasteiger partial charge < -0.3 is 84.3 Å². The van der Waals surface area contributed by atoms with Crippen LogP contribution in [0.1, 0.15) is 5.56 Å². The highest BCUT2D eigenvalue weighted by Crippen LogP contribution is 2.36. The Hall–Kier alpha value is -5.48. The highest BCUT2D eigenvalue weighted by molar-refractivity contribution is 5.87. The van der Waals surface area contributed by atoms with Crippen molar-refractivity contribution in [3.8, 4) is 45.8 Å². The van der Waals surface area contributed by atoms with Gasteiger partial charge in [-0.05, 0) is 42.0 Å². The fourth-order valence-electron chi connectivity index (χ4n) is 5.92. The number of carbonyl (C=O) groups excluding carboxylic acids is 1. The molecule has 2 fully saturated rings. The van der Waals surface area contributed by atoms with Crippen molar-refractivity contribution in [2.24, 2.45) is 0 Å². The molecule has 0 spiro atoms. The number of hydrogen-bond donors (Lipinski definition) is 11. The first kappa shape index (κ1) is 39.2.